The highest BCUT2D eigenvalue weighted by molar-refractivity contribution is 5.84. The molecule has 1 aromatic heterocycles. The van der Waals surface area contributed by atoms with Crippen molar-refractivity contribution in [2.45, 2.75) is 19.4 Å². The first-order chi connectivity index (χ1) is 6.24. The summed E-state index contributed by atoms with van der Waals surface area (Å²) in [5, 5.41) is 0. The van der Waals surface area contributed by atoms with Gasteiger partial charge in [0.15, 0.2) is 6.29 Å². The van der Waals surface area contributed by atoms with Gasteiger partial charge >= 0.3 is 0 Å². The average Bonchev–Trinajstić information content (AvgIpc) is 2.53. The molecule has 0 saturated heterocycles. The molecule has 4 nitrogen and oxygen atoms in total. The van der Waals surface area contributed by atoms with Crippen LogP contribution in [0.5, 0.6) is 0 Å². The van der Waals surface area contributed by atoms with Crippen LogP contribution < -0.4 is 11.3 Å². The molecule has 0 unspecified atom stereocenters. The third kappa shape index (κ3) is 1.06. The van der Waals surface area contributed by atoms with E-state index >= 15 is 0 Å². The van der Waals surface area contributed by atoms with Crippen molar-refractivity contribution in [1.29, 1.82) is 0 Å². The Morgan fingerprint density at radius 2 is 2.31 bits per heavy atom. The highest BCUT2D eigenvalue weighted by Gasteiger charge is 2.17. The highest BCUT2D eigenvalue weighted by Crippen LogP contribution is 2.19. The third-order valence-electron chi connectivity index (χ3n) is 2.41. The van der Waals surface area contributed by atoms with Gasteiger partial charge in [0, 0.05) is 24.0 Å². The quantitative estimate of drug-likeness (QED) is 0.624. The highest BCUT2D eigenvalue weighted by atomic mass is 16.1. The van der Waals surface area contributed by atoms with Crippen LogP contribution in [-0.2, 0) is 13.0 Å². The minimum Gasteiger partial charge on any atom is -0.398 e. The zero-order valence-electron chi connectivity index (χ0n) is 7.12. The van der Waals surface area contributed by atoms with Crippen molar-refractivity contribution in [2.24, 2.45) is 0 Å². The van der Waals surface area contributed by atoms with Crippen molar-refractivity contribution in [1.82, 2.24) is 4.57 Å². The largest absolute Gasteiger partial charge is 0.398 e. The van der Waals surface area contributed by atoms with E-state index in [2.05, 4.69) is 0 Å². The van der Waals surface area contributed by atoms with Gasteiger partial charge in [0.1, 0.15) is 0 Å². The van der Waals surface area contributed by atoms with Crippen LogP contribution in [0, 0.1) is 0 Å². The van der Waals surface area contributed by atoms with Crippen LogP contribution in [0.15, 0.2) is 10.9 Å². The molecule has 0 aliphatic carbocycles. The summed E-state index contributed by atoms with van der Waals surface area (Å²) in [6.07, 6.45) is 2.42. The van der Waals surface area contributed by atoms with E-state index in [1.807, 2.05) is 0 Å². The lowest BCUT2D eigenvalue weighted by Gasteiger charge is -2.06. The van der Waals surface area contributed by atoms with Crippen LogP contribution in [0.2, 0.25) is 0 Å². The number of nitrogens with zero attached hydrogens (tertiary/aromatic N) is 1. The molecule has 0 fully saturated rings. The summed E-state index contributed by atoms with van der Waals surface area (Å²) in [6, 6.07) is 1.32. The van der Waals surface area contributed by atoms with Crippen molar-refractivity contribution in [3.05, 3.63) is 27.7 Å². The minimum absolute atomic E-state index is 0.101. The van der Waals surface area contributed by atoms with Gasteiger partial charge in [-0.25, -0.2) is 0 Å². The second kappa shape index (κ2) is 2.73. The zero-order valence-corrected chi connectivity index (χ0v) is 7.12. The summed E-state index contributed by atoms with van der Waals surface area (Å²) in [6.45, 7) is 0.704. The van der Waals surface area contributed by atoms with E-state index < -0.39 is 0 Å². The second-order valence-corrected chi connectivity index (χ2v) is 3.17. The van der Waals surface area contributed by atoms with E-state index in [4.69, 9.17) is 5.73 Å². The van der Waals surface area contributed by atoms with Crippen molar-refractivity contribution < 1.29 is 4.79 Å². The van der Waals surface area contributed by atoms with Gasteiger partial charge in [0.25, 0.3) is 5.56 Å². The van der Waals surface area contributed by atoms with Gasteiger partial charge in [-0.3, -0.25) is 9.59 Å². The van der Waals surface area contributed by atoms with E-state index in [-0.39, 0.29) is 5.56 Å². The van der Waals surface area contributed by atoms with Crippen LogP contribution in [0.25, 0.3) is 0 Å². The number of carbonyl (C=O) groups is 1. The number of aromatic nitrogens is 1. The molecule has 68 valence electrons. The summed E-state index contributed by atoms with van der Waals surface area (Å²) < 4.78 is 1.63. The third-order valence-corrected chi connectivity index (χ3v) is 2.41. The number of nitrogens with two attached hydrogens (primary N) is 1. The maximum atomic E-state index is 11.4. The molecule has 0 bridgehead atoms. The normalized spacial score (nSPS) is 14.2. The molecule has 0 radical (unpaired) electrons. The van der Waals surface area contributed by atoms with Crippen molar-refractivity contribution in [3.63, 3.8) is 0 Å². The molecule has 1 aliphatic heterocycles. The number of anilines is 1. The van der Waals surface area contributed by atoms with Crippen molar-refractivity contribution in [2.75, 3.05) is 5.73 Å². The monoisotopic (exact) mass is 178 g/mol. The molecule has 0 amide bonds. The van der Waals surface area contributed by atoms with Gasteiger partial charge in [-0.1, -0.05) is 0 Å². The predicted octanol–water partition coefficient (Wildman–Crippen LogP) is 0.189. The number of carbonyl (C=O) groups excluding carboxylic acids is 1. The van der Waals surface area contributed by atoms with Crippen LogP contribution >= 0.6 is 0 Å². The Morgan fingerprint density at radius 1 is 1.54 bits per heavy atom. The number of hydrogen-bond acceptors (Lipinski definition) is 3. The van der Waals surface area contributed by atoms with Gasteiger partial charge in [0.05, 0.1) is 5.56 Å². The molecular weight excluding hydrogens is 168 g/mol. The lowest BCUT2D eigenvalue weighted by molar-refractivity contribution is 0.112. The van der Waals surface area contributed by atoms with Gasteiger partial charge in [0.2, 0.25) is 0 Å². The Labute approximate surface area is 75.0 Å². The fourth-order valence-corrected chi connectivity index (χ4v) is 1.79. The lowest BCUT2D eigenvalue weighted by Crippen LogP contribution is -2.21. The number of nitrogen functional groups attached to an aromatic ring is 1. The van der Waals surface area contributed by atoms with Crippen LogP contribution in [0.4, 0.5) is 5.69 Å². The number of pyridine rings is 1. The van der Waals surface area contributed by atoms with Crippen LogP contribution in [0.3, 0.4) is 0 Å². The first-order valence-electron chi connectivity index (χ1n) is 4.21. The summed E-state index contributed by atoms with van der Waals surface area (Å²) in [7, 11) is 0. The van der Waals surface area contributed by atoms with Gasteiger partial charge in [-0.05, 0) is 12.8 Å². The van der Waals surface area contributed by atoms with Gasteiger partial charge < -0.3 is 10.3 Å². The average molecular weight is 178 g/mol. The molecule has 1 aromatic rings. The zero-order chi connectivity index (χ0) is 9.42. The molecule has 4 heteroatoms. The molecule has 2 N–H and O–H groups in total. The molecule has 1 aliphatic rings. The molecule has 0 spiro atoms. The number of fused-ring (bicyclic) bond motifs is 1. The van der Waals surface area contributed by atoms with Crippen LogP contribution in [-0.4, -0.2) is 10.9 Å². The number of aldehydes is 1. The van der Waals surface area contributed by atoms with Crippen molar-refractivity contribution in [3.8, 4) is 0 Å². The van der Waals surface area contributed by atoms with Gasteiger partial charge in [-0.15, -0.1) is 0 Å². The SMILES string of the molecule is Nc1cc(=O)n2c(c1C=O)CCC2. The Bertz CT molecular complexity index is 420. The standard InChI is InChI=1S/C9H10N2O2/c10-7-4-9(13)11-3-1-2-8(11)6(7)5-12/h4-5H,1-3,10H2. The molecule has 0 saturated carbocycles. The van der Waals surface area contributed by atoms with E-state index in [9.17, 15) is 9.59 Å². The summed E-state index contributed by atoms with van der Waals surface area (Å²) >= 11 is 0. The number of hydrogen-bond donors (Lipinski definition) is 1. The van der Waals surface area contributed by atoms with Crippen molar-refractivity contribution >= 4 is 12.0 Å². The first kappa shape index (κ1) is 8.04. The second-order valence-electron chi connectivity index (χ2n) is 3.17. The predicted molar refractivity (Wildman–Crippen MR) is 48.8 cm³/mol. The van der Waals surface area contributed by atoms with E-state index in [0.717, 1.165) is 24.8 Å². The molecule has 2 heterocycles. The molecule has 0 aromatic carbocycles. The lowest BCUT2D eigenvalue weighted by atomic mass is 10.1. The van der Waals surface area contributed by atoms with Gasteiger partial charge in [-0.2, -0.15) is 0 Å². The topological polar surface area (TPSA) is 65.1 Å². The van der Waals surface area contributed by atoms with E-state index in [1.165, 1.54) is 6.07 Å². The fraction of sp³-hybridized carbons (Fsp3) is 0.333. The number of rotatable bonds is 1. The van der Waals surface area contributed by atoms with E-state index in [1.54, 1.807) is 4.57 Å². The smallest absolute Gasteiger partial charge is 0.252 e. The Hall–Kier alpha value is -1.58. The Morgan fingerprint density at radius 3 is 3.00 bits per heavy atom. The first-order valence-corrected chi connectivity index (χ1v) is 4.21. The fourth-order valence-electron chi connectivity index (χ4n) is 1.79. The maximum Gasteiger partial charge on any atom is 0.252 e. The molecule has 13 heavy (non-hydrogen) atoms. The minimum atomic E-state index is -0.101. The summed E-state index contributed by atoms with van der Waals surface area (Å²) in [5.41, 5.74) is 7.03. The van der Waals surface area contributed by atoms with Crippen LogP contribution in [0.1, 0.15) is 22.5 Å². The molecular formula is C9H10N2O2. The summed E-state index contributed by atoms with van der Waals surface area (Å²) in [5.74, 6) is 0. The maximum absolute atomic E-state index is 11.4. The molecule has 0 atom stereocenters. The Kier molecular flexibility index (Phi) is 1.69. The Balaban J connectivity index is 2.79. The summed E-state index contributed by atoms with van der Waals surface area (Å²) in [4.78, 5) is 22.1. The molecule has 2 rings (SSSR count). The van der Waals surface area contributed by atoms with E-state index in [0.29, 0.717) is 17.8 Å².